The van der Waals surface area contributed by atoms with Crippen LogP contribution in [0.4, 0.5) is 5.69 Å². The number of aliphatic hydroxyl groups excluding tert-OH is 1. The van der Waals surface area contributed by atoms with Crippen LogP contribution in [0, 0.1) is 11.8 Å². The zero-order chi connectivity index (χ0) is 17.9. The Morgan fingerprint density at radius 3 is 3.12 bits per heavy atom. The van der Waals surface area contributed by atoms with Crippen molar-refractivity contribution >= 4 is 11.7 Å². The van der Waals surface area contributed by atoms with Gasteiger partial charge in [0.15, 0.2) is 0 Å². The van der Waals surface area contributed by atoms with Gasteiger partial charge in [-0.3, -0.25) is 9.69 Å². The highest BCUT2D eigenvalue weighted by atomic mass is 16.5. The van der Waals surface area contributed by atoms with Gasteiger partial charge in [-0.15, -0.1) is 0 Å². The third-order valence-corrected chi connectivity index (χ3v) is 7.26. The van der Waals surface area contributed by atoms with Crippen molar-refractivity contribution in [2.24, 2.45) is 11.8 Å². The number of carbonyl (C=O) groups is 1. The van der Waals surface area contributed by atoms with Gasteiger partial charge in [0.1, 0.15) is 0 Å². The van der Waals surface area contributed by atoms with E-state index < -0.39 is 0 Å². The van der Waals surface area contributed by atoms with Crippen molar-refractivity contribution in [2.45, 2.75) is 37.3 Å². The zero-order valence-corrected chi connectivity index (χ0v) is 15.1. The molecule has 0 aromatic heterocycles. The van der Waals surface area contributed by atoms with Crippen LogP contribution < -0.4 is 5.32 Å². The molecule has 2 N–H and O–H groups in total. The van der Waals surface area contributed by atoms with Crippen LogP contribution in [0.3, 0.4) is 0 Å². The number of rotatable bonds is 3. The lowest BCUT2D eigenvalue weighted by Crippen LogP contribution is -2.62. The topological polar surface area (TPSA) is 61.8 Å². The van der Waals surface area contributed by atoms with Crippen molar-refractivity contribution in [3.63, 3.8) is 0 Å². The smallest absolute Gasteiger partial charge is 0.302 e. The second kappa shape index (κ2) is 5.83. The Hall–Kier alpha value is -1.85. The molecule has 1 aromatic rings. The molecule has 5 atom stereocenters. The van der Waals surface area contributed by atoms with Crippen LogP contribution in [0.25, 0.3) is 0 Å². The fraction of sp³-hybridized carbons (Fsp3) is 0.571. The number of anilines is 1. The van der Waals surface area contributed by atoms with Gasteiger partial charge in [0.05, 0.1) is 13.2 Å². The van der Waals surface area contributed by atoms with E-state index >= 15 is 0 Å². The van der Waals surface area contributed by atoms with Crippen molar-refractivity contribution in [2.75, 3.05) is 31.6 Å². The molecule has 0 unspecified atom stereocenters. The highest BCUT2D eigenvalue weighted by Gasteiger charge is 2.65. The molecule has 138 valence electrons. The minimum Gasteiger partial charge on any atom is -0.465 e. The summed E-state index contributed by atoms with van der Waals surface area (Å²) in [6.07, 6.45) is 4.21. The number of carbonyl (C=O) groups excluding carboxylic acids is 1. The van der Waals surface area contributed by atoms with Crippen molar-refractivity contribution in [3.8, 4) is 0 Å². The number of fused-ring (bicyclic) bond motifs is 2. The molecule has 26 heavy (non-hydrogen) atoms. The third kappa shape index (κ3) is 2.07. The molecule has 3 aliphatic heterocycles. The zero-order valence-electron chi connectivity index (χ0n) is 15.1. The summed E-state index contributed by atoms with van der Waals surface area (Å²) < 4.78 is 5.53. The fourth-order valence-electron chi connectivity index (χ4n) is 6.36. The lowest BCUT2D eigenvalue weighted by molar-refractivity contribution is -0.144. The van der Waals surface area contributed by atoms with E-state index in [0.717, 1.165) is 25.9 Å². The van der Waals surface area contributed by atoms with Crippen LogP contribution in [-0.2, 0) is 14.9 Å². The molecular formula is C21H26N2O3. The Bertz CT molecular complexity index is 776. The van der Waals surface area contributed by atoms with Gasteiger partial charge in [0.25, 0.3) is 0 Å². The summed E-state index contributed by atoms with van der Waals surface area (Å²) in [6, 6.07) is 9.51. The van der Waals surface area contributed by atoms with Gasteiger partial charge >= 0.3 is 5.97 Å². The molecule has 1 aromatic carbocycles. The Labute approximate surface area is 154 Å². The summed E-state index contributed by atoms with van der Waals surface area (Å²) in [5, 5.41) is 13.3. The van der Waals surface area contributed by atoms with Crippen molar-refractivity contribution in [1.82, 2.24) is 4.90 Å². The molecule has 5 heteroatoms. The minimum atomic E-state index is -0.215. The number of hydrogen-bond acceptors (Lipinski definition) is 5. The first-order valence-electron chi connectivity index (χ1n) is 9.68. The molecular weight excluding hydrogens is 328 g/mol. The number of ether oxygens (including phenoxy) is 1. The van der Waals surface area contributed by atoms with Crippen LogP contribution in [0.15, 0.2) is 35.9 Å². The standard InChI is InChI=1S/C21H26N2O3/c1-13(25)26-12-16-15-10-19-21(7-8-23(19)11-14(15)6-9-24)17-4-2-3-5-18(17)22-20(16)21/h2-6,15-16,19-20,22,24H,7-12H2,1H3/t15-,16+,19-,20-,21+/m0/s1. The van der Waals surface area contributed by atoms with E-state index in [0.29, 0.717) is 18.6 Å². The molecule has 0 amide bonds. The molecule has 2 saturated heterocycles. The molecule has 1 saturated carbocycles. The number of benzene rings is 1. The third-order valence-electron chi connectivity index (χ3n) is 7.26. The van der Waals surface area contributed by atoms with Gasteiger partial charge in [-0.05, 0) is 36.9 Å². The van der Waals surface area contributed by atoms with Crippen LogP contribution in [-0.4, -0.2) is 54.4 Å². The summed E-state index contributed by atoms with van der Waals surface area (Å²) in [6.45, 7) is 4.04. The summed E-state index contributed by atoms with van der Waals surface area (Å²) in [5.41, 5.74) is 4.11. The number of piperidine rings is 1. The Morgan fingerprint density at radius 1 is 1.46 bits per heavy atom. The van der Waals surface area contributed by atoms with Gasteiger partial charge in [0.2, 0.25) is 0 Å². The average Bonchev–Trinajstić information content (AvgIpc) is 3.18. The number of hydrogen-bond donors (Lipinski definition) is 2. The molecule has 1 spiro atoms. The maximum Gasteiger partial charge on any atom is 0.302 e. The quantitative estimate of drug-likeness (QED) is 0.642. The SMILES string of the molecule is CC(=O)OC[C@@H]1[C@H]2C[C@@H]3N(CC[C@@]34c3ccccc3N[C@@H]14)CC2=CCO. The summed E-state index contributed by atoms with van der Waals surface area (Å²) in [5.74, 6) is 0.384. The largest absolute Gasteiger partial charge is 0.465 e. The molecule has 5 nitrogen and oxygen atoms in total. The second-order valence-corrected chi connectivity index (χ2v) is 8.21. The summed E-state index contributed by atoms with van der Waals surface area (Å²) in [7, 11) is 0. The molecule has 3 fully saturated rings. The van der Waals surface area contributed by atoms with Gasteiger partial charge in [-0.1, -0.05) is 29.8 Å². The first kappa shape index (κ1) is 16.3. The van der Waals surface area contributed by atoms with Crippen molar-refractivity contribution < 1.29 is 14.6 Å². The van der Waals surface area contributed by atoms with E-state index in [4.69, 9.17) is 4.74 Å². The van der Waals surface area contributed by atoms with Crippen molar-refractivity contribution in [3.05, 3.63) is 41.5 Å². The maximum absolute atomic E-state index is 11.5. The molecule has 3 heterocycles. The lowest BCUT2D eigenvalue weighted by atomic mass is 9.56. The first-order chi connectivity index (χ1) is 12.6. The van der Waals surface area contributed by atoms with Gasteiger partial charge < -0.3 is 15.2 Å². The first-order valence-corrected chi connectivity index (χ1v) is 9.68. The van der Waals surface area contributed by atoms with Crippen LogP contribution in [0.2, 0.25) is 0 Å². The van der Waals surface area contributed by atoms with E-state index in [-0.39, 0.29) is 30.0 Å². The van der Waals surface area contributed by atoms with Gasteiger partial charge in [-0.2, -0.15) is 0 Å². The number of nitrogens with zero attached hydrogens (tertiary/aromatic N) is 1. The van der Waals surface area contributed by atoms with E-state index in [1.165, 1.54) is 23.7 Å². The van der Waals surface area contributed by atoms with Crippen molar-refractivity contribution in [1.29, 1.82) is 0 Å². The van der Waals surface area contributed by atoms with Gasteiger partial charge in [-0.25, -0.2) is 0 Å². The van der Waals surface area contributed by atoms with E-state index in [1.54, 1.807) is 0 Å². The highest BCUT2D eigenvalue weighted by molar-refractivity contribution is 5.67. The van der Waals surface area contributed by atoms with E-state index in [1.807, 2.05) is 6.08 Å². The summed E-state index contributed by atoms with van der Waals surface area (Å²) in [4.78, 5) is 14.1. The molecule has 5 rings (SSSR count). The van der Waals surface area contributed by atoms with Gasteiger partial charge in [0, 0.05) is 42.6 Å². The highest BCUT2D eigenvalue weighted by Crippen LogP contribution is 2.61. The van der Waals surface area contributed by atoms with E-state index in [2.05, 4.69) is 34.5 Å². The number of para-hydroxylation sites is 1. The van der Waals surface area contributed by atoms with E-state index in [9.17, 15) is 9.90 Å². The predicted octanol–water partition coefficient (Wildman–Crippen LogP) is 1.92. The number of nitrogens with one attached hydrogen (secondary N) is 1. The second-order valence-electron chi connectivity index (χ2n) is 8.21. The number of esters is 1. The van der Waals surface area contributed by atoms with Crippen LogP contribution in [0.5, 0.6) is 0 Å². The average molecular weight is 354 g/mol. The predicted molar refractivity (Wildman–Crippen MR) is 98.9 cm³/mol. The normalized spacial score (nSPS) is 38.6. The molecule has 2 bridgehead atoms. The van der Waals surface area contributed by atoms with Crippen LogP contribution >= 0.6 is 0 Å². The number of aliphatic hydroxyl groups is 1. The summed E-state index contributed by atoms with van der Waals surface area (Å²) >= 11 is 0. The lowest BCUT2D eigenvalue weighted by Gasteiger charge is -2.54. The molecule has 1 aliphatic carbocycles. The fourth-order valence-corrected chi connectivity index (χ4v) is 6.36. The Balaban J connectivity index is 1.61. The Morgan fingerprint density at radius 2 is 2.31 bits per heavy atom. The maximum atomic E-state index is 11.5. The monoisotopic (exact) mass is 354 g/mol. The molecule has 4 aliphatic rings. The minimum absolute atomic E-state index is 0.0775. The molecule has 0 radical (unpaired) electrons. The van der Waals surface area contributed by atoms with Crippen LogP contribution in [0.1, 0.15) is 25.3 Å². The Kier molecular flexibility index (Phi) is 3.66.